The molecule has 0 aliphatic rings. The highest BCUT2D eigenvalue weighted by atomic mass is 16.3. The number of hydrogen-bond acceptors (Lipinski definition) is 6. The molecule has 0 spiro atoms. The number of fused-ring (bicyclic) bond motifs is 1. The molecule has 0 atom stereocenters. The molecule has 1 amide bonds. The molecule has 3 aromatic heterocycles. The summed E-state index contributed by atoms with van der Waals surface area (Å²) in [5, 5.41) is 21.0. The number of anilines is 1. The van der Waals surface area contributed by atoms with Crippen molar-refractivity contribution in [3.63, 3.8) is 0 Å². The first-order valence-corrected chi connectivity index (χ1v) is 10.2. The third-order valence-electron chi connectivity index (χ3n) is 4.97. The van der Waals surface area contributed by atoms with Crippen molar-refractivity contribution in [1.29, 1.82) is 0 Å². The van der Waals surface area contributed by atoms with Gasteiger partial charge in [0.2, 0.25) is 0 Å². The molecule has 4 aromatic rings. The van der Waals surface area contributed by atoms with Gasteiger partial charge < -0.3 is 15.7 Å². The largest absolute Gasteiger partial charge is 0.507 e. The van der Waals surface area contributed by atoms with Gasteiger partial charge in [0.15, 0.2) is 5.65 Å². The van der Waals surface area contributed by atoms with Crippen LogP contribution >= 0.6 is 0 Å². The number of amides is 1. The molecule has 1 aromatic carbocycles. The second kappa shape index (κ2) is 9.29. The highest BCUT2D eigenvalue weighted by Crippen LogP contribution is 2.29. The maximum absolute atomic E-state index is 12.1. The van der Waals surface area contributed by atoms with Gasteiger partial charge in [-0.3, -0.25) is 9.78 Å². The van der Waals surface area contributed by atoms with Gasteiger partial charge in [0.25, 0.3) is 5.91 Å². The van der Waals surface area contributed by atoms with E-state index in [2.05, 4.69) is 25.7 Å². The highest BCUT2D eigenvalue weighted by Gasteiger charge is 2.12. The molecule has 4 rings (SSSR count). The fourth-order valence-electron chi connectivity index (χ4n) is 3.30. The first-order chi connectivity index (χ1) is 15.1. The Labute approximate surface area is 180 Å². The molecule has 0 bridgehead atoms. The van der Waals surface area contributed by atoms with Crippen LogP contribution in [0.3, 0.4) is 0 Å². The van der Waals surface area contributed by atoms with Crippen LogP contribution in [0, 0.1) is 0 Å². The summed E-state index contributed by atoms with van der Waals surface area (Å²) in [7, 11) is 1.96. The number of phenolic OH excluding ortho intramolecular Hbond substituents is 1. The number of rotatable bonds is 8. The van der Waals surface area contributed by atoms with E-state index in [0.717, 1.165) is 29.8 Å². The SMILES string of the molecule is Bc1cnn2c(NCCCCNC(=O)c3ccncc3)cc(-c3ccccc3O)nc12. The summed E-state index contributed by atoms with van der Waals surface area (Å²) in [5.41, 5.74) is 3.67. The zero-order chi connectivity index (χ0) is 21.6. The molecule has 31 heavy (non-hydrogen) atoms. The fourth-order valence-corrected chi connectivity index (χ4v) is 3.30. The molecule has 0 saturated heterocycles. The molecule has 0 fully saturated rings. The van der Waals surface area contributed by atoms with E-state index in [1.165, 1.54) is 0 Å². The average molecular weight is 414 g/mol. The maximum Gasteiger partial charge on any atom is 0.251 e. The van der Waals surface area contributed by atoms with Crippen LogP contribution in [-0.2, 0) is 0 Å². The lowest BCUT2D eigenvalue weighted by Gasteiger charge is -2.12. The van der Waals surface area contributed by atoms with E-state index in [-0.39, 0.29) is 11.7 Å². The number of para-hydroxylation sites is 1. The minimum atomic E-state index is -0.0921. The zero-order valence-electron chi connectivity index (χ0n) is 17.2. The Balaban J connectivity index is 1.38. The van der Waals surface area contributed by atoms with E-state index in [9.17, 15) is 9.90 Å². The van der Waals surface area contributed by atoms with Gasteiger partial charge in [0.1, 0.15) is 19.4 Å². The number of nitrogens with zero attached hydrogens (tertiary/aromatic N) is 4. The van der Waals surface area contributed by atoms with Crippen LogP contribution in [0.25, 0.3) is 16.9 Å². The van der Waals surface area contributed by atoms with E-state index < -0.39 is 0 Å². The summed E-state index contributed by atoms with van der Waals surface area (Å²) >= 11 is 0. The number of unbranched alkanes of at least 4 members (excludes halogenated alkanes) is 1. The molecule has 9 heteroatoms. The number of pyridine rings is 1. The van der Waals surface area contributed by atoms with Gasteiger partial charge in [-0.2, -0.15) is 9.61 Å². The van der Waals surface area contributed by atoms with Crippen LogP contribution in [0.5, 0.6) is 5.75 Å². The number of aromatic hydroxyl groups is 1. The predicted molar refractivity (Wildman–Crippen MR) is 123 cm³/mol. The minimum absolute atomic E-state index is 0.0921. The summed E-state index contributed by atoms with van der Waals surface area (Å²) in [6, 6.07) is 12.4. The van der Waals surface area contributed by atoms with E-state index >= 15 is 0 Å². The molecule has 0 aliphatic heterocycles. The molecule has 3 heterocycles. The van der Waals surface area contributed by atoms with Crippen molar-refractivity contribution in [3.05, 3.63) is 66.6 Å². The Morgan fingerprint density at radius 3 is 2.68 bits per heavy atom. The summed E-state index contributed by atoms with van der Waals surface area (Å²) in [6.07, 6.45) is 6.69. The average Bonchev–Trinajstić information content (AvgIpc) is 3.17. The monoisotopic (exact) mass is 414 g/mol. The fraction of sp³-hybridized carbons (Fsp3) is 0.182. The van der Waals surface area contributed by atoms with Crippen molar-refractivity contribution < 1.29 is 9.90 Å². The van der Waals surface area contributed by atoms with E-state index in [1.807, 2.05) is 26.0 Å². The smallest absolute Gasteiger partial charge is 0.251 e. The van der Waals surface area contributed by atoms with E-state index in [4.69, 9.17) is 0 Å². The maximum atomic E-state index is 12.1. The van der Waals surface area contributed by atoms with E-state index in [0.29, 0.717) is 29.9 Å². The predicted octanol–water partition coefficient (Wildman–Crippen LogP) is 1.38. The first kappa shape index (κ1) is 20.4. The summed E-state index contributed by atoms with van der Waals surface area (Å²) < 4.78 is 1.77. The van der Waals surface area contributed by atoms with Crippen molar-refractivity contribution in [1.82, 2.24) is 24.9 Å². The molecular weight excluding hydrogens is 391 g/mol. The van der Waals surface area contributed by atoms with Crippen molar-refractivity contribution in [2.75, 3.05) is 18.4 Å². The van der Waals surface area contributed by atoms with Crippen LogP contribution in [0.2, 0.25) is 0 Å². The topological polar surface area (TPSA) is 104 Å². The molecule has 3 N–H and O–H groups in total. The van der Waals surface area contributed by atoms with Crippen LogP contribution in [-0.4, -0.2) is 51.5 Å². The number of aromatic nitrogens is 4. The Bertz CT molecular complexity index is 1200. The molecule has 0 radical (unpaired) electrons. The summed E-state index contributed by atoms with van der Waals surface area (Å²) in [4.78, 5) is 20.7. The lowest BCUT2D eigenvalue weighted by molar-refractivity contribution is 0.0953. The number of phenols is 1. The van der Waals surface area contributed by atoms with Gasteiger partial charge in [0.05, 0.1) is 5.69 Å². The Hall–Kier alpha value is -3.88. The van der Waals surface area contributed by atoms with Crippen LogP contribution < -0.4 is 16.1 Å². The first-order valence-electron chi connectivity index (χ1n) is 10.2. The summed E-state index contributed by atoms with van der Waals surface area (Å²) in [5.74, 6) is 0.898. The Morgan fingerprint density at radius 1 is 1.10 bits per heavy atom. The van der Waals surface area contributed by atoms with Crippen LogP contribution in [0.15, 0.2) is 61.1 Å². The van der Waals surface area contributed by atoms with E-state index in [1.54, 1.807) is 47.4 Å². The standard InChI is InChI=1S/C22H23BN6O2/c23-17-14-27-29-20(13-18(28-21(17)29)16-5-1-2-6-19(16)30)25-9-3-4-10-26-22(31)15-7-11-24-12-8-15/h1-2,5-8,11-14,25,30H,3-4,9-10,23H2,(H,26,31). The number of carbonyl (C=O) groups is 1. The van der Waals surface area contributed by atoms with Gasteiger partial charge >= 0.3 is 0 Å². The Morgan fingerprint density at radius 2 is 1.87 bits per heavy atom. The summed E-state index contributed by atoms with van der Waals surface area (Å²) in [6.45, 7) is 1.31. The van der Waals surface area contributed by atoms with Crippen LogP contribution in [0.4, 0.5) is 5.82 Å². The third kappa shape index (κ3) is 4.66. The number of nitrogens with one attached hydrogen (secondary N) is 2. The van der Waals surface area contributed by atoms with Crippen molar-refractivity contribution in [2.45, 2.75) is 12.8 Å². The Kier molecular flexibility index (Phi) is 6.12. The molecule has 8 nitrogen and oxygen atoms in total. The normalized spacial score (nSPS) is 10.8. The molecule has 0 aliphatic carbocycles. The van der Waals surface area contributed by atoms with Gasteiger partial charge in [-0.1, -0.05) is 12.1 Å². The van der Waals surface area contributed by atoms with Gasteiger partial charge in [-0.25, -0.2) is 4.98 Å². The minimum Gasteiger partial charge on any atom is -0.507 e. The highest BCUT2D eigenvalue weighted by molar-refractivity contribution is 6.36. The number of carbonyl (C=O) groups excluding carboxylic acids is 1. The number of benzene rings is 1. The second-order valence-corrected chi connectivity index (χ2v) is 7.23. The molecular formula is C22H23BN6O2. The quantitative estimate of drug-likeness (QED) is 0.297. The van der Waals surface area contributed by atoms with Crippen molar-refractivity contribution in [2.24, 2.45) is 0 Å². The van der Waals surface area contributed by atoms with Crippen molar-refractivity contribution >= 4 is 30.7 Å². The number of hydrogen-bond donors (Lipinski definition) is 3. The lowest BCUT2D eigenvalue weighted by atomic mass is 10.0. The lowest BCUT2D eigenvalue weighted by Crippen LogP contribution is -2.24. The van der Waals surface area contributed by atoms with Crippen LogP contribution in [0.1, 0.15) is 23.2 Å². The van der Waals surface area contributed by atoms with Gasteiger partial charge in [-0.15, -0.1) is 0 Å². The molecule has 0 unspecified atom stereocenters. The van der Waals surface area contributed by atoms with Crippen molar-refractivity contribution in [3.8, 4) is 17.0 Å². The third-order valence-corrected chi connectivity index (χ3v) is 4.97. The van der Waals surface area contributed by atoms with Gasteiger partial charge in [-0.05, 0) is 42.6 Å². The zero-order valence-corrected chi connectivity index (χ0v) is 17.2. The van der Waals surface area contributed by atoms with Gasteiger partial charge in [0, 0.05) is 48.9 Å². The molecule has 156 valence electrons. The second-order valence-electron chi connectivity index (χ2n) is 7.23. The molecule has 0 saturated carbocycles.